The van der Waals surface area contributed by atoms with E-state index in [1.807, 2.05) is 4.90 Å². The minimum absolute atomic E-state index is 0.0410. The third-order valence-corrected chi connectivity index (χ3v) is 4.61. The van der Waals surface area contributed by atoms with Crippen molar-refractivity contribution < 1.29 is 4.79 Å². The fourth-order valence-electron chi connectivity index (χ4n) is 3.13. The summed E-state index contributed by atoms with van der Waals surface area (Å²) in [6.45, 7) is 12.3. The summed E-state index contributed by atoms with van der Waals surface area (Å²) < 4.78 is 0. The predicted octanol–water partition coefficient (Wildman–Crippen LogP) is 1.94. The second-order valence-corrected chi connectivity index (χ2v) is 5.98. The first-order valence-electron chi connectivity index (χ1n) is 8.37. The van der Waals surface area contributed by atoms with Crippen LogP contribution in [0.4, 0.5) is 0 Å². The molecule has 1 aliphatic heterocycles. The quantitative estimate of drug-likeness (QED) is 0.740. The molecule has 4 heteroatoms. The van der Waals surface area contributed by atoms with Gasteiger partial charge in [0.15, 0.2) is 0 Å². The van der Waals surface area contributed by atoms with Crippen molar-refractivity contribution in [3.05, 3.63) is 0 Å². The summed E-state index contributed by atoms with van der Waals surface area (Å²) in [5.41, 5.74) is 5.74. The molecule has 1 amide bonds. The monoisotopic (exact) mass is 283 g/mol. The molecular formula is C16H33N3O. The maximum atomic E-state index is 12.4. The van der Waals surface area contributed by atoms with Gasteiger partial charge in [-0.05, 0) is 38.3 Å². The number of hydrogen-bond donors (Lipinski definition) is 1. The van der Waals surface area contributed by atoms with Crippen molar-refractivity contribution in [3.63, 3.8) is 0 Å². The number of hydrogen-bond acceptors (Lipinski definition) is 3. The van der Waals surface area contributed by atoms with E-state index in [-0.39, 0.29) is 11.8 Å². The van der Waals surface area contributed by atoms with Gasteiger partial charge in [0.2, 0.25) is 5.91 Å². The molecule has 1 atom stereocenters. The lowest BCUT2D eigenvalue weighted by Crippen LogP contribution is -2.45. The van der Waals surface area contributed by atoms with Crippen LogP contribution in [-0.2, 0) is 4.79 Å². The average Bonchev–Trinajstić information content (AvgIpc) is 2.50. The highest BCUT2D eigenvalue weighted by molar-refractivity contribution is 5.79. The van der Waals surface area contributed by atoms with Crippen LogP contribution in [0.3, 0.4) is 0 Å². The van der Waals surface area contributed by atoms with E-state index in [1.165, 1.54) is 6.54 Å². The van der Waals surface area contributed by atoms with Gasteiger partial charge in [-0.2, -0.15) is 0 Å². The van der Waals surface area contributed by atoms with Crippen molar-refractivity contribution >= 4 is 5.91 Å². The summed E-state index contributed by atoms with van der Waals surface area (Å²) in [5, 5.41) is 0. The van der Waals surface area contributed by atoms with E-state index in [0.29, 0.717) is 6.54 Å². The summed E-state index contributed by atoms with van der Waals surface area (Å²) in [4.78, 5) is 16.9. The Balaban J connectivity index is 2.39. The Kier molecular flexibility index (Phi) is 8.15. The van der Waals surface area contributed by atoms with Gasteiger partial charge in [-0.1, -0.05) is 27.2 Å². The first-order chi connectivity index (χ1) is 9.65. The number of rotatable bonds is 8. The van der Waals surface area contributed by atoms with Crippen LogP contribution in [0.2, 0.25) is 0 Å². The van der Waals surface area contributed by atoms with Crippen molar-refractivity contribution in [1.82, 2.24) is 9.80 Å². The molecule has 0 saturated carbocycles. The van der Waals surface area contributed by atoms with E-state index in [2.05, 4.69) is 25.7 Å². The molecular weight excluding hydrogens is 250 g/mol. The van der Waals surface area contributed by atoms with Crippen LogP contribution in [0.1, 0.15) is 46.5 Å². The zero-order chi connectivity index (χ0) is 15.0. The van der Waals surface area contributed by atoms with Gasteiger partial charge in [-0.3, -0.25) is 4.79 Å². The van der Waals surface area contributed by atoms with Gasteiger partial charge >= 0.3 is 0 Å². The van der Waals surface area contributed by atoms with Gasteiger partial charge in [0, 0.05) is 26.2 Å². The molecule has 4 nitrogen and oxygen atoms in total. The third-order valence-electron chi connectivity index (χ3n) is 4.61. The fraction of sp³-hybridized carbons (Fsp3) is 0.938. The Morgan fingerprint density at radius 2 is 1.85 bits per heavy atom. The van der Waals surface area contributed by atoms with Crippen molar-refractivity contribution in [1.29, 1.82) is 0 Å². The normalized spacial score (nSPS) is 18.6. The molecule has 0 radical (unpaired) electrons. The summed E-state index contributed by atoms with van der Waals surface area (Å²) in [7, 11) is 0. The topological polar surface area (TPSA) is 49.6 Å². The van der Waals surface area contributed by atoms with Crippen molar-refractivity contribution in [2.45, 2.75) is 46.5 Å². The smallest absolute Gasteiger partial charge is 0.226 e. The zero-order valence-electron chi connectivity index (χ0n) is 13.6. The minimum atomic E-state index is 0.0410. The van der Waals surface area contributed by atoms with Gasteiger partial charge in [-0.15, -0.1) is 0 Å². The third kappa shape index (κ3) is 5.06. The van der Waals surface area contributed by atoms with E-state index in [9.17, 15) is 4.79 Å². The van der Waals surface area contributed by atoms with Crippen molar-refractivity contribution in [3.8, 4) is 0 Å². The zero-order valence-corrected chi connectivity index (χ0v) is 13.6. The molecule has 1 rings (SSSR count). The molecule has 20 heavy (non-hydrogen) atoms. The molecule has 0 bridgehead atoms. The molecule has 1 heterocycles. The minimum Gasteiger partial charge on any atom is -0.342 e. The van der Waals surface area contributed by atoms with E-state index in [4.69, 9.17) is 5.73 Å². The van der Waals surface area contributed by atoms with Crippen LogP contribution in [0.15, 0.2) is 0 Å². The molecule has 118 valence electrons. The van der Waals surface area contributed by atoms with Crippen LogP contribution < -0.4 is 5.73 Å². The van der Waals surface area contributed by atoms with Crippen LogP contribution >= 0.6 is 0 Å². The molecule has 0 aromatic carbocycles. The number of piperidine rings is 1. The van der Waals surface area contributed by atoms with Gasteiger partial charge in [0.25, 0.3) is 0 Å². The summed E-state index contributed by atoms with van der Waals surface area (Å²) >= 11 is 0. The number of likely N-dealkylation sites (tertiary alicyclic amines) is 1. The summed E-state index contributed by atoms with van der Waals surface area (Å²) in [5.74, 6) is 1.08. The lowest BCUT2D eigenvalue weighted by molar-refractivity contribution is -0.137. The average molecular weight is 283 g/mol. The summed E-state index contributed by atoms with van der Waals surface area (Å²) in [6.07, 6.45) is 4.25. The lowest BCUT2D eigenvalue weighted by atomic mass is 9.94. The molecule has 1 fully saturated rings. The number of carbonyl (C=O) groups excluding carboxylic acids is 1. The predicted molar refractivity (Wildman–Crippen MR) is 84.5 cm³/mol. The highest BCUT2D eigenvalue weighted by Crippen LogP contribution is 2.21. The van der Waals surface area contributed by atoms with Gasteiger partial charge in [0.1, 0.15) is 0 Å². The molecule has 0 aliphatic carbocycles. The maximum Gasteiger partial charge on any atom is 0.226 e. The van der Waals surface area contributed by atoms with Crippen LogP contribution in [0, 0.1) is 11.8 Å². The van der Waals surface area contributed by atoms with Crippen LogP contribution in [-0.4, -0.2) is 55.0 Å². The van der Waals surface area contributed by atoms with E-state index in [0.717, 1.165) is 57.8 Å². The molecule has 0 spiro atoms. The Morgan fingerprint density at radius 3 is 2.30 bits per heavy atom. The van der Waals surface area contributed by atoms with Crippen LogP contribution in [0.5, 0.6) is 0 Å². The lowest BCUT2D eigenvalue weighted by Gasteiger charge is -2.36. The second-order valence-electron chi connectivity index (χ2n) is 5.98. The van der Waals surface area contributed by atoms with E-state index >= 15 is 0 Å². The first-order valence-corrected chi connectivity index (χ1v) is 8.37. The van der Waals surface area contributed by atoms with Gasteiger partial charge in [0.05, 0.1) is 5.92 Å². The molecule has 1 aliphatic rings. The van der Waals surface area contributed by atoms with Gasteiger partial charge in [-0.25, -0.2) is 0 Å². The Hall–Kier alpha value is -0.610. The number of nitrogens with two attached hydrogens (primary N) is 1. The Morgan fingerprint density at radius 1 is 1.25 bits per heavy atom. The molecule has 1 saturated heterocycles. The standard InChI is InChI=1S/C16H33N3O/c1-4-7-15(12-17)16(20)19-10-8-14(9-11-19)13-18(5-2)6-3/h14-15H,4-13,17H2,1-3H3. The van der Waals surface area contributed by atoms with E-state index in [1.54, 1.807) is 0 Å². The highest BCUT2D eigenvalue weighted by atomic mass is 16.2. The Labute approximate surface area is 124 Å². The SMILES string of the molecule is CCCC(CN)C(=O)N1CCC(CN(CC)CC)CC1. The van der Waals surface area contributed by atoms with Crippen molar-refractivity contribution in [2.24, 2.45) is 17.6 Å². The van der Waals surface area contributed by atoms with Crippen molar-refractivity contribution in [2.75, 3.05) is 39.3 Å². The second kappa shape index (κ2) is 9.35. The molecule has 0 aromatic heterocycles. The fourth-order valence-corrected chi connectivity index (χ4v) is 3.13. The molecule has 2 N–H and O–H groups in total. The largest absolute Gasteiger partial charge is 0.342 e. The number of nitrogens with zero attached hydrogens (tertiary/aromatic N) is 2. The summed E-state index contributed by atoms with van der Waals surface area (Å²) in [6, 6.07) is 0. The van der Waals surface area contributed by atoms with Gasteiger partial charge < -0.3 is 15.5 Å². The Bertz CT molecular complexity index is 271. The number of carbonyl (C=O) groups is 1. The van der Waals surface area contributed by atoms with Crippen LogP contribution in [0.25, 0.3) is 0 Å². The van der Waals surface area contributed by atoms with E-state index < -0.39 is 0 Å². The number of amides is 1. The molecule has 0 aromatic rings. The first kappa shape index (κ1) is 17.4. The maximum absolute atomic E-state index is 12.4. The molecule has 1 unspecified atom stereocenters. The highest BCUT2D eigenvalue weighted by Gasteiger charge is 2.27.